The highest BCUT2D eigenvalue weighted by Gasteiger charge is 2.14. The van der Waals surface area contributed by atoms with Crippen molar-refractivity contribution >= 4 is 55.5 Å². The molecule has 2 N–H and O–H groups in total. The predicted octanol–water partition coefficient (Wildman–Crippen LogP) is 3.56. The number of rotatable bonds is 3. The molecule has 0 radical (unpaired) electrons. The Balaban J connectivity index is 2.14. The highest BCUT2D eigenvalue weighted by atomic mass is 79.9. The van der Waals surface area contributed by atoms with Crippen LogP contribution in [-0.4, -0.2) is 25.9 Å². The van der Waals surface area contributed by atoms with Gasteiger partial charge in [-0.3, -0.25) is 9.78 Å². The fraction of sp³-hybridized carbons (Fsp3) is 0. The topological polar surface area (TPSA) is 100 Å². The summed E-state index contributed by atoms with van der Waals surface area (Å²) in [6, 6.07) is 8.02. The number of H-pyrrole nitrogens is 1. The average molecular weight is 501 g/mol. The molecule has 0 aliphatic rings. The van der Waals surface area contributed by atoms with Crippen LogP contribution in [0, 0.1) is 0 Å². The third-order valence-corrected chi connectivity index (χ3v) is 4.54. The largest absolute Gasteiger partial charge is 0.493 e. The molecule has 0 saturated heterocycles. The molecule has 0 saturated carbocycles. The van der Waals surface area contributed by atoms with Gasteiger partial charge in [-0.15, -0.1) is 0 Å². The molecule has 132 valence electrons. The van der Waals surface area contributed by atoms with Crippen molar-refractivity contribution in [2.45, 2.75) is 0 Å². The van der Waals surface area contributed by atoms with Crippen LogP contribution in [0.15, 0.2) is 60.1 Å². The monoisotopic (exact) mass is 498 g/mol. The molecule has 0 aliphatic carbocycles. The summed E-state index contributed by atoms with van der Waals surface area (Å²) >= 11 is 12.5. The molecule has 1 aromatic carbocycles. The van der Waals surface area contributed by atoms with Gasteiger partial charge in [0.2, 0.25) is 5.88 Å². The molecule has 0 unspecified atom stereocenters. The Labute approximate surface area is 168 Å². The fourth-order valence-corrected chi connectivity index (χ4v) is 3.41. The van der Waals surface area contributed by atoms with Crippen molar-refractivity contribution in [2.24, 2.45) is 4.99 Å². The predicted molar refractivity (Wildman–Crippen MR) is 106 cm³/mol. The summed E-state index contributed by atoms with van der Waals surface area (Å²) < 4.78 is 2.26. The van der Waals surface area contributed by atoms with Gasteiger partial charge in [0.25, 0.3) is 5.56 Å². The van der Waals surface area contributed by atoms with Gasteiger partial charge in [-0.1, -0.05) is 17.7 Å². The van der Waals surface area contributed by atoms with E-state index in [1.165, 1.54) is 12.3 Å². The van der Waals surface area contributed by atoms with Crippen LogP contribution in [0.2, 0.25) is 5.02 Å². The zero-order valence-corrected chi connectivity index (χ0v) is 16.7. The van der Waals surface area contributed by atoms with E-state index in [0.717, 1.165) is 15.3 Å². The Morgan fingerprint density at radius 1 is 1.27 bits per heavy atom. The standard InChI is InChI=1S/C16H9Br2ClN4O3/c17-8-4-12(18)13(20-6-8)21-7-11-14(24)22-16(26)23(15(11)25)10-3-1-2-9(19)5-10/h1-7,25H,(H,22,24,26). The molecule has 0 bridgehead atoms. The Morgan fingerprint density at radius 3 is 2.73 bits per heavy atom. The molecule has 2 heterocycles. The first-order valence-electron chi connectivity index (χ1n) is 7.06. The molecule has 0 atom stereocenters. The van der Waals surface area contributed by atoms with Gasteiger partial charge in [0.1, 0.15) is 5.56 Å². The quantitative estimate of drug-likeness (QED) is 0.537. The zero-order valence-electron chi connectivity index (χ0n) is 12.8. The van der Waals surface area contributed by atoms with Gasteiger partial charge < -0.3 is 5.11 Å². The second-order valence-corrected chi connectivity index (χ2v) is 7.24. The first-order valence-corrected chi connectivity index (χ1v) is 9.02. The molecule has 2 aromatic heterocycles. The molecule has 0 fully saturated rings. The number of aliphatic imine (C=N–C) groups is 1. The summed E-state index contributed by atoms with van der Waals surface area (Å²) in [5.41, 5.74) is -1.47. The van der Waals surface area contributed by atoms with Gasteiger partial charge in [-0.05, 0) is 56.1 Å². The van der Waals surface area contributed by atoms with E-state index in [-0.39, 0.29) is 5.56 Å². The lowest BCUT2D eigenvalue weighted by molar-refractivity contribution is 0.430. The van der Waals surface area contributed by atoms with E-state index in [2.05, 4.69) is 46.8 Å². The van der Waals surface area contributed by atoms with Gasteiger partial charge >= 0.3 is 5.69 Å². The molecular weight excluding hydrogens is 491 g/mol. The van der Waals surface area contributed by atoms with E-state index < -0.39 is 17.1 Å². The van der Waals surface area contributed by atoms with Crippen molar-refractivity contribution in [2.75, 3.05) is 0 Å². The highest BCUT2D eigenvalue weighted by molar-refractivity contribution is 9.11. The van der Waals surface area contributed by atoms with Crippen molar-refractivity contribution in [1.29, 1.82) is 0 Å². The van der Waals surface area contributed by atoms with E-state index in [1.54, 1.807) is 24.3 Å². The summed E-state index contributed by atoms with van der Waals surface area (Å²) in [5.74, 6) is -0.259. The molecule has 26 heavy (non-hydrogen) atoms. The smallest absolute Gasteiger partial charge is 0.335 e. The minimum absolute atomic E-state index is 0.193. The highest BCUT2D eigenvalue weighted by Crippen LogP contribution is 2.26. The first kappa shape index (κ1) is 18.6. The van der Waals surface area contributed by atoms with Crippen LogP contribution in [0.25, 0.3) is 5.69 Å². The first-order chi connectivity index (χ1) is 12.4. The van der Waals surface area contributed by atoms with Crippen molar-refractivity contribution in [3.05, 3.63) is 76.9 Å². The van der Waals surface area contributed by atoms with Crippen LogP contribution in [-0.2, 0) is 0 Å². The Hall–Kier alpha value is -2.23. The summed E-state index contributed by atoms with van der Waals surface area (Å²) in [6.45, 7) is 0. The van der Waals surface area contributed by atoms with Crippen LogP contribution in [0.3, 0.4) is 0 Å². The van der Waals surface area contributed by atoms with Gasteiger partial charge in [0.15, 0.2) is 5.82 Å². The van der Waals surface area contributed by atoms with Crippen LogP contribution in [0.1, 0.15) is 5.56 Å². The van der Waals surface area contributed by atoms with Gasteiger partial charge in [-0.25, -0.2) is 19.3 Å². The SMILES string of the molecule is O=c1[nH]c(=O)n(-c2cccc(Cl)c2)c(O)c1C=Nc1ncc(Br)cc1Br. The number of aromatic hydroxyl groups is 1. The van der Waals surface area contributed by atoms with Crippen molar-refractivity contribution in [3.8, 4) is 11.6 Å². The molecule has 0 spiro atoms. The summed E-state index contributed by atoms with van der Waals surface area (Å²) in [7, 11) is 0. The van der Waals surface area contributed by atoms with Gasteiger partial charge in [0, 0.05) is 21.9 Å². The normalized spacial score (nSPS) is 11.2. The molecule has 3 rings (SSSR count). The van der Waals surface area contributed by atoms with Crippen molar-refractivity contribution < 1.29 is 5.11 Å². The summed E-state index contributed by atoms with van der Waals surface area (Å²) in [6.07, 6.45) is 2.67. The molecule has 0 aliphatic heterocycles. The summed E-state index contributed by atoms with van der Waals surface area (Å²) in [4.78, 5) is 34.5. The molecule has 3 aromatic rings. The number of hydrogen-bond donors (Lipinski definition) is 2. The second-order valence-electron chi connectivity index (χ2n) is 5.03. The molecule has 7 nitrogen and oxygen atoms in total. The fourth-order valence-electron chi connectivity index (χ4n) is 2.14. The minimum atomic E-state index is -0.796. The maximum atomic E-state index is 12.1. The van der Waals surface area contributed by atoms with Crippen LogP contribution in [0.5, 0.6) is 5.88 Å². The van der Waals surface area contributed by atoms with Gasteiger partial charge in [-0.2, -0.15) is 0 Å². The van der Waals surface area contributed by atoms with Crippen LogP contribution < -0.4 is 11.2 Å². The van der Waals surface area contributed by atoms with Crippen molar-refractivity contribution in [1.82, 2.24) is 14.5 Å². The van der Waals surface area contributed by atoms with Crippen LogP contribution >= 0.6 is 43.5 Å². The number of nitrogens with one attached hydrogen (secondary N) is 1. The average Bonchev–Trinajstić information content (AvgIpc) is 2.56. The number of nitrogens with zero attached hydrogens (tertiary/aromatic N) is 3. The number of halogens is 3. The van der Waals surface area contributed by atoms with E-state index in [1.807, 2.05) is 0 Å². The van der Waals surface area contributed by atoms with E-state index in [9.17, 15) is 14.7 Å². The van der Waals surface area contributed by atoms with Crippen molar-refractivity contribution in [3.63, 3.8) is 0 Å². The maximum absolute atomic E-state index is 12.1. The number of aromatic amines is 1. The van der Waals surface area contributed by atoms with E-state index in [0.29, 0.717) is 21.0 Å². The zero-order chi connectivity index (χ0) is 18.8. The van der Waals surface area contributed by atoms with E-state index in [4.69, 9.17) is 11.6 Å². The lowest BCUT2D eigenvalue weighted by Crippen LogP contribution is -2.31. The summed E-state index contributed by atoms with van der Waals surface area (Å²) in [5, 5.41) is 10.8. The molecule has 10 heteroatoms. The number of aromatic nitrogens is 3. The minimum Gasteiger partial charge on any atom is -0.493 e. The second kappa shape index (κ2) is 7.56. The number of hydrogen-bond acceptors (Lipinski definition) is 5. The lowest BCUT2D eigenvalue weighted by atomic mass is 10.3. The van der Waals surface area contributed by atoms with Crippen LogP contribution in [0.4, 0.5) is 5.82 Å². The Morgan fingerprint density at radius 2 is 2.04 bits per heavy atom. The number of benzene rings is 1. The lowest BCUT2D eigenvalue weighted by Gasteiger charge is -2.09. The Bertz CT molecular complexity index is 1140. The van der Waals surface area contributed by atoms with E-state index >= 15 is 0 Å². The third-order valence-electron chi connectivity index (χ3n) is 3.29. The molecular formula is C16H9Br2ClN4O3. The number of pyridine rings is 1. The maximum Gasteiger partial charge on any atom is 0.335 e. The third kappa shape index (κ3) is 3.79. The van der Waals surface area contributed by atoms with Gasteiger partial charge in [0.05, 0.1) is 10.2 Å². The Kier molecular flexibility index (Phi) is 5.40. The molecule has 0 amide bonds.